The monoisotopic (exact) mass is 434 g/mol. The van der Waals surface area contributed by atoms with Crippen LogP contribution in [-0.4, -0.2) is 37.1 Å². The second-order valence-corrected chi connectivity index (χ2v) is 8.28. The molecule has 156 valence electrons. The zero-order chi connectivity index (χ0) is 20.5. The summed E-state index contributed by atoms with van der Waals surface area (Å²) in [4.78, 5) is 17.0. The molecule has 3 N–H and O–H groups in total. The van der Waals surface area contributed by atoms with E-state index in [1.54, 1.807) is 24.5 Å². The van der Waals surface area contributed by atoms with E-state index >= 15 is 0 Å². The summed E-state index contributed by atoms with van der Waals surface area (Å²) in [6, 6.07) is 8.70. The summed E-state index contributed by atoms with van der Waals surface area (Å²) < 4.78 is 0. The van der Waals surface area contributed by atoms with Gasteiger partial charge < -0.3 is 16.0 Å². The van der Waals surface area contributed by atoms with Gasteiger partial charge in [0.05, 0.1) is 0 Å². The van der Waals surface area contributed by atoms with E-state index < -0.39 is 6.04 Å². The van der Waals surface area contributed by atoms with Gasteiger partial charge in [-0.15, -0.1) is 0 Å². The second-order valence-electron chi connectivity index (χ2n) is 7.43. The van der Waals surface area contributed by atoms with E-state index in [0.29, 0.717) is 22.5 Å². The number of halogens is 2. The van der Waals surface area contributed by atoms with Gasteiger partial charge in [0.2, 0.25) is 5.91 Å². The molecule has 0 radical (unpaired) electrons. The Kier molecular flexibility index (Phi) is 8.74. The molecule has 1 aliphatic heterocycles. The molecular weight excluding hydrogens is 407 g/mol. The number of carbonyl (C=O) groups is 1. The van der Waals surface area contributed by atoms with Gasteiger partial charge in [-0.25, -0.2) is 0 Å². The van der Waals surface area contributed by atoms with Crippen LogP contribution in [-0.2, 0) is 11.2 Å². The lowest BCUT2D eigenvalue weighted by atomic mass is 9.94. The van der Waals surface area contributed by atoms with Gasteiger partial charge in [0.15, 0.2) is 0 Å². The quantitative estimate of drug-likeness (QED) is 0.561. The highest BCUT2D eigenvalue weighted by Gasteiger charge is 2.23. The third kappa shape index (κ3) is 6.96. The number of amides is 1. The molecule has 2 aromatic rings. The van der Waals surface area contributed by atoms with Crippen LogP contribution in [0, 0.1) is 5.92 Å². The number of aromatic nitrogens is 1. The van der Waals surface area contributed by atoms with Crippen molar-refractivity contribution in [3.63, 3.8) is 0 Å². The van der Waals surface area contributed by atoms with Crippen molar-refractivity contribution in [3.8, 4) is 0 Å². The first kappa shape index (κ1) is 22.0. The molecule has 0 aliphatic carbocycles. The van der Waals surface area contributed by atoms with Gasteiger partial charge in [0.25, 0.3) is 0 Å². The molecule has 7 heteroatoms. The number of rotatable bonds is 9. The Hall–Kier alpha value is -1.66. The molecule has 0 saturated carbocycles. The molecule has 0 bridgehead atoms. The fourth-order valence-corrected chi connectivity index (χ4v) is 4.18. The smallest absolute Gasteiger partial charge is 0.241 e. The molecule has 2 heterocycles. The SMILES string of the molecule is O=C(NCCc1ccncc1)C(NCCC1CCNCC1)c1ccc(Cl)cc1Cl. The number of nitrogens with one attached hydrogen (secondary N) is 3. The van der Waals surface area contributed by atoms with Crippen molar-refractivity contribution in [1.29, 1.82) is 0 Å². The van der Waals surface area contributed by atoms with Crippen molar-refractivity contribution in [2.24, 2.45) is 5.92 Å². The maximum absolute atomic E-state index is 13.0. The Balaban J connectivity index is 1.60. The lowest BCUT2D eigenvalue weighted by molar-refractivity contribution is -0.123. The molecule has 1 saturated heterocycles. The molecule has 3 rings (SSSR count). The van der Waals surface area contributed by atoms with E-state index in [0.717, 1.165) is 43.6 Å². The minimum absolute atomic E-state index is 0.0754. The number of carbonyl (C=O) groups excluding carboxylic acids is 1. The molecule has 0 spiro atoms. The molecule has 1 amide bonds. The molecular formula is C22H28Cl2N4O. The van der Waals surface area contributed by atoms with Gasteiger partial charge in [0, 0.05) is 29.0 Å². The first-order chi connectivity index (χ1) is 14.1. The van der Waals surface area contributed by atoms with E-state index in [2.05, 4.69) is 20.9 Å². The van der Waals surface area contributed by atoms with E-state index in [1.807, 2.05) is 18.2 Å². The zero-order valence-electron chi connectivity index (χ0n) is 16.5. The van der Waals surface area contributed by atoms with Crippen LogP contribution >= 0.6 is 23.2 Å². The van der Waals surface area contributed by atoms with Crippen molar-refractivity contribution in [1.82, 2.24) is 20.9 Å². The van der Waals surface area contributed by atoms with Crippen molar-refractivity contribution < 1.29 is 4.79 Å². The van der Waals surface area contributed by atoms with Crippen LogP contribution in [0.15, 0.2) is 42.7 Å². The highest BCUT2D eigenvalue weighted by Crippen LogP contribution is 2.27. The van der Waals surface area contributed by atoms with Crippen LogP contribution in [0.4, 0.5) is 0 Å². The molecule has 1 aromatic carbocycles. The molecule has 1 atom stereocenters. The molecule has 1 aromatic heterocycles. The fourth-order valence-electron chi connectivity index (χ4n) is 3.66. The summed E-state index contributed by atoms with van der Waals surface area (Å²) in [5.41, 5.74) is 1.89. The standard InChI is InChI=1S/C22H28Cl2N4O/c23-18-1-2-19(20(24)15-18)21(27-13-7-16-3-9-25-10-4-16)22(29)28-14-8-17-5-11-26-12-6-17/h1-2,5-6,11-12,15-16,21,25,27H,3-4,7-10,13-14H2,(H,28,29). The van der Waals surface area contributed by atoms with Crippen LogP contribution in [0.1, 0.15) is 36.4 Å². The van der Waals surface area contributed by atoms with Gasteiger partial charge in [0.1, 0.15) is 6.04 Å². The van der Waals surface area contributed by atoms with Crippen molar-refractivity contribution in [2.45, 2.75) is 31.7 Å². The predicted molar refractivity (Wildman–Crippen MR) is 118 cm³/mol. The van der Waals surface area contributed by atoms with Crippen LogP contribution in [0.5, 0.6) is 0 Å². The number of pyridine rings is 1. The Morgan fingerprint density at radius 1 is 1.14 bits per heavy atom. The molecule has 1 aliphatic rings. The Bertz CT molecular complexity index is 782. The van der Waals surface area contributed by atoms with Crippen LogP contribution in [0.3, 0.4) is 0 Å². The maximum Gasteiger partial charge on any atom is 0.241 e. The van der Waals surface area contributed by atoms with Crippen LogP contribution in [0.25, 0.3) is 0 Å². The number of piperidine rings is 1. The Labute approximate surface area is 182 Å². The first-order valence-electron chi connectivity index (χ1n) is 10.2. The van der Waals surface area contributed by atoms with Crippen molar-refractivity contribution in [2.75, 3.05) is 26.2 Å². The Morgan fingerprint density at radius 2 is 1.90 bits per heavy atom. The minimum atomic E-state index is -0.501. The van der Waals surface area contributed by atoms with Crippen LogP contribution in [0.2, 0.25) is 10.0 Å². The summed E-state index contributed by atoms with van der Waals surface area (Å²) >= 11 is 12.4. The van der Waals surface area contributed by atoms with Gasteiger partial charge >= 0.3 is 0 Å². The number of hydrogen-bond acceptors (Lipinski definition) is 4. The van der Waals surface area contributed by atoms with Gasteiger partial charge in [-0.1, -0.05) is 29.3 Å². The highest BCUT2D eigenvalue weighted by atomic mass is 35.5. The summed E-state index contributed by atoms with van der Waals surface area (Å²) in [6.07, 6.45) is 7.70. The summed E-state index contributed by atoms with van der Waals surface area (Å²) in [7, 11) is 0. The van der Waals surface area contributed by atoms with Crippen molar-refractivity contribution in [3.05, 3.63) is 63.9 Å². The lowest BCUT2D eigenvalue weighted by Crippen LogP contribution is -2.39. The molecule has 29 heavy (non-hydrogen) atoms. The molecule has 1 fully saturated rings. The normalized spacial score (nSPS) is 15.8. The first-order valence-corrected chi connectivity index (χ1v) is 10.9. The number of nitrogens with zero attached hydrogens (tertiary/aromatic N) is 1. The number of benzene rings is 1. The zero-order valence-corrected chi connectivity index (χ0v) is 18.0. The van der Waals surface area contributed by atoms with E-state index in [1.165, 1.54) is 12.8 Å². The average Bonchev–Trinajstić information content (AvgIpc) is 2.73. The number of hydrogen-bond donors (Lipinski definition) is 3. The lowest BCUT2D eigenvalue weighted by Gasteiger charge is -2.25. The average molecular weight is 435 g/mol. The Morgan fingerprint density at radius 3 is 2.62 bits per heavy atom. The van der Waals surface area contributed by atoms with Crippen LogP contribution < -0.4 is 16.0 Å². The third-order valence-electron chi connectivity index (χ3n) is 5.36. The predicted octanol–water partition coefficient (Wildman–Crippen LogP) is 3.77. The topological polar surface area (TPSA) is 66.0 Å². The van der Waals surface area contributed by atoms with Gasteiger partial charge in [-0.2, -0.15) is 0 Å². The highest BCUT2D eigenvalue weighted by molar-refractivity contribution is 6.35. The third-order valence-corrected chi connectivity index (χ3v) is 5.92. The largest absolute Gasteiger partial charge is 0.354 e. The van der Waals surface area contributed by atoms with E-state index in [-0.39, 0.29) is 5.91 Å². The fraction of sp³-hybridized carbons (Fsp3) is 0.455. The summed E-state index contributed by atoms with van der Waals surface area (Å²) in [5.74, 6) is 0.619. The summed E-state index contributed by atoms with van der Waals surface area (Å²) in [5, 5.41) is 10.9. The van der Waals surface area contributed by atoms with Gasteiger partial charge in [-0.05, 0) is 86.6 Å². The minimum Gasteiger partial charge on any atom is -0.354 e. The van der Waals surface area contributed by atoms with E-state index in [9.17, 15) is 4.79 Å². The van der Waals surface area contributed by atoms with Gasteiger partial charge in [-0.3, -0.25) is 9.78 Å². The summed E-state index contributed by atoms with van der Waals surface area (Å²) in [6.45, 7) is 3.48. The molecule has 5 nitrogen and oxygen atoms in total. The van der Waals surface area contributed by atoms with Crippen molar-refractivity contribution >= 4 is 29.1 Å². The van der Waals surface area contributed by atoms with E-state index in [4.69, 9.17) is 23.2 Å². The molecule has 1 unspecified atom stereocenters. The maximum atomic E-state index is 13.0. The second kappa shape index (κ2) is 11.5.